The Morgan fingerprint density at radius 1 is 1.32 bits per heavy atom. The average molecular weight is 301 g/mol. The molecule has 5 nitrogen and oxygen atoms in total. The first kappa shape index (κ1) is 15.0. The van der Waals surface area contributed by atoms with Gasteiger partial charge in [-0.25, -0.2) is 0 Å². The van der Waals surface area contributed by atoms with Crippen LogP contribution in [0.4, 0.5) is 5.69 Å². The third-order valence-electron chi connectivity index (χ3n) is 4.50. The molecule has 0 aromatic heterocycles. The largest absolute Gasteiger partial charge is 0.355 e. The Labute approximate surface area is 131 Å². The van der Waals surface area contributed by atoms with Gasteiger partial charge in [-0.05, 0) is 32.0 Å². The van der Waals surface area contributed by atoms with E-state index in [4.69, 9.17) is 0 Å². The van der Waals surface area contributed by atoms with Gasteiger partial charge in [0.2, 0.25) is 11.8 Å². The summed E-state index contributed by atoms with van der Waals surface area (Å²) in [6, 6.07) is 10.3. The Balaban J connectivity index is 1.48. The quantitative estimate of drug-likeness (QED) is 0.860. The van der Waals surface area contributed by atoms with E-state index in [0.717, 1.165) is 12.2 Å². The van der Waals surface area contributed by atoms with Gasteiger partial charge < -0.3 is 15.1 Å². The van der Waals surface area contributed by atoms with Crippen LogP contribution in [0.25, 0.3) is 0 Å². The monoisotopic (exact) mass is 301 g/mol. The predicted molar refractivity (Wildman–Crippen MR) is 85.6 cm³/mol. The zero-order valence-electron chi connectivity index (χ0n) is 13.0. The molecule has 2 fully saturated rings. The van der Waals surface area contributed by atoms with Gasteiger partial charge in [-0.15, -0.1) is 0 Å². The number of likely N-dealkylation sites (N-methyl/N-ethyl adjacent to an activating group) is 1. The number of carbonyl (C=O) groups is 2. The molecule has 1 saturated heterocycles. The van der Waals surface area contributed by atoms with Crippen LogP contribution < -0.4 is 10.2 Å². The molecule has 1 aliphatic heterocycles. The third kappa shape index (κ3) is 3.47. The first-order valence-electron chi connectivity index (χ1n) is 7.98. The van der Waals surface area contributed by atoms with Gasteiger partial charge in [0.15, 0.2) is 0 Å². The summed E-state index contributed by atoms with van der Waals surface area (Å²) in [6.45, 7) is 2.01. The molecule has 1 heterocycles. The molecule has 0 radical (unpaired) electrons. The lowest BCUT2D eigenvalue weighted by Crippen LogP contribution is -2.38. The van der Waals surface area contributed by atoms with Gasteiger partial charge >= 0.3 is 0 Å². The fourth-order valence-electron chi connectivity index (χ4n) is 2.94. The topological polar surface area (TPSA) is 52.7 Å². The van der Waals surface area contributed by atoms with Crippen molar-refractivity contribution in [2.24, 2.45) is 5.92 Å². The van der Waals surface area contributed by atoms with Crippen LogP contribution in [-0.2, 0) is 9.59 Å². The first-order chi connectivity index (χ1) is 10.6. The molecule has 2 amide bonds. The van der Waals surface area contributed by atoms with Gasteiger partial charge in [0.25, 0.3) is 0 Å². The minimum atomic E-state index is -0.237. The summed E-state index contributed by atoms with van der Waals surface area (Å²) in [5.41, 5.74) is 0.872. The van der Waals surface area contributed by atoms with Gasteiger partial charge in [-0.3, -0.25) is 9.59 Å². The Hall–Kier alpha value is -1.88. The van der Waals surface area contributed by atoms with E-state index in [9.17, 15) is 9.59 Å². The fraction of sp³-hybridized carbons (Fsp3) is 0.529. The van der Waals surface area contributed by atoms with Crippen molar-refractivity contribution in [3.05, 3.63) is 30.3 Å². The normalized spacial score (nSPS) is 21.5. The highest BCUT2D eigenvalue weighted by atomic mass is 16.2. The number of carbonyl (C=O) groups excluding carboxylic acids is 2. The molecule has 0 bridgehead atoms. The molecule has 0 spiro atoms. The fourth-order valence-corrected chi connectivity index (χ4v) is 2.94. The molecule has 1 aliphatic carbocycles. The van der Waals surface area contributed by atoms with Crippen molar-refractivity contribution >= 4 is 17.5 Å². The summed E-state index contributed by atoms with van der Waals surface area (Å²) in [7, 11) is 2.10. The smallest absolute Gasteiger partial charge is 0.227 e. The number of hydrogen-bond acceptors (Lipinski definition) is 3. The van der Waals surface area contributed by atoms with Crippen molar-refractivity contribution in [2.45, 2.75) is 25.3 Å². The number of benzene rings is 1. The van der Waals surface area contributed by atoms with E-state index in [-0.39, 0.29) is 17.7 Å². The van der Waals surface area contributed by atoms with E-state index in [1.807, 2.05) is 30.3 Å². The van der Waals surface area contributed by atoms with Crippen LogP contribution in [0.2, 0.25) is 0 Å². The highest BCUT2D eigenvalue weighted by molar-refractivity contribution is 6.00. The lowest BCUT2D eigenvalue weighted by Gasteiger charge is -2.18. The zero-order valence-corrected chi connectivity index (χ0v) is 13.0. The molecule has 22 heavy (non-hydrogen) atoms. The second-order valence-corrected chi connectivity index (χ2v) is 6.24. The standard InChI is InChI=1S/C17H23N3O2/c1-19(14-7-8-14)10-9-18-17(22)13-11-16(21)20(12-13)15-5-3-2-4-6-15/h2-6,13-14H,7-12H2,1H3,(H,18,22)/t13-/m0/s1. The van der Waals surface area contributed by atoms with Crippen molar-refractivity contribution in [3.63, 3.8) is 0 Å². The molecule has 5 heteroatoms. The maximum atomic E-state index is 12.2. The second kappa shape index (κ2) is 6.48. The van der Waals surface area contributed by atoms with Crippen LogP contribution in [0.5, 0.6) is 0 Å². The number of nitrogens with zero attached hydrogens (tertiary/aromatic N) is 2. The van der Waals surface area contributed by atoms with Crippen molar-refractivity contribution in [1.82, 2.24) is 10.2 Å². The molecule has 3 rings (SSSR count). The molecule has 118 valence electrons. The number of nitrogens with one attached hydrogen (secondary N) is 1. The SMILES string of the molecule is CN(CCNC(=O)[C@H]1CC(=O)N(c2ccccc2)C1)C1CC1. The summed E-state index contributed by atoms with van der Waals surface area (Å²) in [5.74, 6) is -0.212. The number of amides is 2. The van der Waals surface area contributed by atoms with Crippen LogP contribution >= 0.6 is 0 Å². The van der Waals surface area contributed by atoms with Crippen molar-refractivity contribution in [2.75, 3.05) is 31.6 Å². The minimum absolute atomic E-state index is 0.00372. The highest BCUT2D eigenvalue weighted by Gasteiger charge is 2.35. The van der Waals surface area contributed by atoms with Gasteiger partial charge in [-0.1, -0.05) is 18.2 Å². The molecular formula is C17H23N3O2. The van der Waals surface area contributed by atoms with E-state index in [1.165, 1.54) is 12.8 Å². The summed E-state index contributed by atoms with van der Waals surface area (Å²) < 4.78 is 0. The average Bonchev–Trinajstić information content (AvgIpc) is 3.30. The third-order valence-corrected chi connectivity index (χ3v) is 4.50. The van der Waals surface area contributed by atoms with Gasteiger partial charge in [0, 0.05) is 37.8 Å². The van der Waals surface area contributed by atoms with E-state index in [2.05, 4.69) is 17.3 Å². The van der Waals surface area contributed by atoms with Crippen LogP contribution in [-0.4, -0.2) is 49.4 Å². The number of anilines is 1. The lowest BCUT2D eigenvalue weighted by molar-refractivity contribution is -0.126. The number of para-hydroxylation sites is 1. The van der Waals surface area contributed by atoms with Gasteiger partial charge in [0.1, 0.15) is 0 Å². The molecule has 2 aliphatic rings. The maximum Gasteiger partial charge on any atom is 0.227 e. The number of rotatable bonds is 6. The van der Waals surface area contributed by atoms with Crippen LogP contribution in [0.15, 0.2) is 30.3 Å². The van der Waals surface area contributed by atoms with Crippen LogP contribution in [0, 0.1) is 5.92 Å². The molecule has 1 N–H and O–H groups in total. The van der Waals surface area contributed by atoms with E-state index >= 15 is 0 Å². The van der Waals surface area contributed by atoms with E-state index < -0.39 is 0 Å². The van der Waals surface area contributed by atoms with Crippen molar-refractivity contribution in [3.8, 4) is 0 Å². The van der Waals surface area contributed by atoms with Gasteiger partial charge in [-0.2, -0.15) is 0 Å². The molecule has 1 atom stereocenters. The molecular weight excluding hydrogens is 278 g/mol. The van der Waals surface area contributed by atoms with E-state index in [1.54, 1.807) is 4.90 Å². The zero-order chi connectivity index (χ0) is 15.5. The van der Waals surface area contributed by atoms with Crippen molar-refractivity contribution in [1.29, 1.82) is 0 Å². The molecule has 1 saturated carbocycles. The second-order valence-electron chi connectivity index (χ2n) is 6.24. The molecule has 1 aromatic carbocycles. The Bertz CT molecular complexity index is 542. The Morgan fingerprint density at radius 3 is 2.73 bits per heavy atom. The Morgan fingerprint density at radius 2 is 2.05 bits per heavy atom. The first-order valence-corrected chi connectivity index (χ1v) is 7.98. The predicted octanol–water partition coefficient (Wildman–Crippen LogP) is 1.25. The summed E-state index contributed by atoms with van der Waals surface area (Å²) in [5, 5.41) is 2.97. The lowest BCUT2D eigenvalue weighted by atomic mass is 10.1. The Kier molecular flexibility index (Phi) is 4.43. The number of hydrogen-bond donors (Lipinski definition) is 1. The van der Waals surface area contributed by atoms with Gasteiger partial charge in [0.05, 0.1) is 5.92 Å². The van der Waals surface area contributed by atoms with Crippen LogP contribution in [0.1, 0.15) is 19.3 Å². The minimum Gasteiger partial charge on any atom is -0.355 e. The van der Waals surface area contributed by atoms with E-state index in [0.29, 0.717) is 25.6 Å². The van der Waals surface area contributed by atoms with Crippen LogP contribution in [0.3, 0.4) is 0 Å². The molecule has 0 unspecified atom stereocenters. The van der Waals surface area contributed by atoms with Crippen molar-refractivity contribution < 1.29 is 9.59 Å². The summed E-state index contributed by atoms with van der Waals surface area (Å²) >= 11 is 0. The molecule has 1 aromatic rings. The highest BCUT2D eigenvalue weighted by Crippen LogP contribution is 2.25. The summed E-state index contributed by atoms with van der Waals surface area (Å²) in [6.07, 6.45) is 2.85. The maximum absolute atomic E-state index is 12.2. The summed E-state index contributed by atoms with van der Waals surface area (Å²) in [4.78, 5) is 28.3.